The number of aliphatic hydroxyl groups is 1. The van der Waals surface area contributed by atoms with Crippen LogP contribution in [0.3, 0.4) is 0 Å². The lowest BCUT2D eigenvalue weighted by Gasteiger charge is -2.27. The van der Waals surface area contributed by atoms with Gasteiger partial charge in [-0.2, -0.15) is 0 Å². The molecule has 9 heteroatoms. The van der Waals surface area contributed by atoms with E-state index in [1.807, 2.05) is 19.0 Å². The van der Waals surface area contributed by atoms with Gasteiger partial charge < -0.3 is 29.1 Å². The molecule has 8 nitrogen and oxygen atoms in total. The lowest BCUT2D eigenvalue weighted by molar-refractivity contribution is -0.140. The zero-order valence-corrected chi connectivity index (χ0v) is 19.2. The van der Waals surface area contributed by atoms with Gasteiger partial charge in [-0.25, -0.2) is 4.39 Å². The van der Waals surface area contributed by atoms with Crippen molar-refractivity contribution in [3.63, 3.8) is 0 Å². The van der Waals surface area contributed by atoms with E-state index in [2.05, 4.69) is 0 Å². The number of hydrogen-bond donors (Lipinski definition) is 1. The molecule has 1 heterocycles. The van der Waals surface area contributed by atoms with Crippen LogP contribution in [0.2, 0.25) is 0 Å². The molecule has 0 unspecified atom stereocenters. The van der Waals surface area contributed by atoms with E-state index < -0.39 is 29.3 Å². The van der Waals surface area contributed by atoms with Crippen molar-refractivity contribution in [2.75, 3.05) is 48.5 Å². The summed E-state index contributed by atoms with van der Waals surface area (Å²) in [6.45, 7) is 0.713. The van der Waals surface area contributed by atoms with Crippen LogP contribution in [0.15, 0.2) is 42.0 Å². The number of amides is 1. The molecule has 1 saturated heterocycles. The number of likely N-dealkylation sites (N-methyl/N-ethyl adjacent to an activating group) is 1. The SMILES string of the molecule is COc1ccc([C@H]2C(=C(O)c3ccc(OC)c(F)c3)C(=O)C(=O)N2CCN(C)C)c(OC)c1. The van der Waals surface area contributed by atoms with E-state index in [4.69, 9.17) is 14.2 Å². The minimum atomic E-state index is -0.934. The van der Waals surface area contributed by atoms with Crippen molar-refractivity contribution in [3.8, 4) is 17.2 Å². The molecule has 1 aliphatic heterocycles. The van der Waals surface area contributed by atoms with Gasteiger partial charge in [0.2, 0.25) is 0 Å². The molecule has 0 bridgehead atoms. The first-order valence-corrected chi connectivity index (χ1v) is 10.2. The van der Waals surface area contributed by atoms with Crippen molar-refractivity contribution in [3.05, 3.63) is 58.9 Å². The summed E-state index contributed by atoms with van der Waals surface area (Å²) in [7, 11) is 7.99. The minimum absolute atomic E-state index is 0.00800. The smallest absolute Gasteiger partial charge is 0.295 e. The number of Topliss-reactive ketones (excluding diaryl/α,β-unsaturated/α-hetero) is 1. The lowest BCUT2D eigenvalue weighted by atomic mass is 9.94. The highest BCUT2D eigenvalue weighted by Gasteiger charge is 2.47. The number of nitrogens with zero attached hydrogens (tertiary/aromatic N) is 2. The second-order valence-corrected chi connectivity index (χ2v) is 7.75. The molecule has 0 radical (unpaired) electrons. The molecule has 1 aliphatic rings. The minimum Gasteiger partial charge on any atom is -0.507 e. The summed E-state index contributed by atoms with van der Waals surface area (Å²) < 4.78 is 30.0. The summed E-state index contributed by atoms with van der Waals surface area (Å²) in [4.78, 5) is 29.3. The average molecular weight is 458 g/mol. The van der Waals surface area contributed by atoms with E-state index in [0.29, 0.717) is 23.6 Å². The van der Waals surface area contributed by atoms with Crippen molar-refractivity contribution < 1.29 is 33.3 Å². The first kappa shape index (κ1) is 24.1. The Labute approximate surface area is 191 Å². The van der Waals surface area contributed by atoms with E-state index in [9.17, 15) is 19.1 Å². The number of hydrogen-bond acceptors (Lipinski definition) is 7. The number of rotatable bonds is 8. The van der Waals surface area contributed by atoms with Crippen LogP contribution in [0.1, 0.15) is 17.2 Å². The van der Waals surface area contributed by atoms with E-state index >= 15 is 0 Å². The maximum atomic E-state index is 14.3. The molecule has 1 fully saturated rings. The summed E-state index contributed by atoms with van der Waals surface area (Å²) in [5.74, 6) is -1.90. The van der Waals surface area contributed by atoms with Gasteiger partial charge in [0.25, 0.3) is 11.7 Å². The second-order valence-electron chi connectivity index (χ2n) is 7.75. The third-order valence-electron chi connectivity index (χ3n) is 5.49. The molecule has 2 aromatic carbocycles. The fourth-order valence-electron chi connectivity index (χ4n) is 3.76. The number of aliphatic hydroxyl groups excluding tert-OH is 1. The van der Waals surface area contributed by atoms with Gasteiger partial charge in [-0.05, 0) is 44.4 Å². The Balaban J connectivity index is 2.22. The van der Waals surface area contributed by atoms with Crippen LogP contribution >= 0.6 is 0 Å². The third-order valence-corrected chi connectivity index (χ3v) is 5.49. The Morgan fingerprint density at radius 2 is 1.73 bits per heavy atom. The van der Waals surface area contributed by atoms with Crippen LogP contribution in [0, 0.1) is 5.82 Å². The highest BCUT2D eigenvalue weighted by molar-refractivity contribution is 6.46. The van der Waals surface area contributed by atoms with Crippen LogP contribution in [0.5, 0.6) is 17.2 Å². The predicted octanol–water partition coefficient (Wildman–Crippen LogP) is 2.83. The van der Waals surface area contributed by atoms with Gasteiger partial charge in [-0.15, -0.1) is 0 Å². The summed E-state index contributed by atoms with van der Waals surface area (Å²) in [5.41, 5.74) is 0.398. The maximum absolute atomic E-state index is 14.3. The number of likely N-dealkylation sites (tertiary alicyclic amines) is 1. The van der Waals surface area contributed by atoms with Crippen molar-refractivity contribution in [2.24, 2.45) is 0 Å². The van der Waals surface area contributed by atoms with Gasteiger partial charge in [0.15, 0.2) is 11.6 Å². The number of methoxy groups -OCH3 is 3. The van der Waals surface area contributed by atoms with Crippen LogP contribution in [-0.2, 0) is 9.59 Å². The maximum Gasteiger partial charge on any atom is 0.295 e. The van der Waals surface area contributed by atoms with Crippen LogP contribution < -0.4 is 14.2 Å². The van der Waals surface area contributed by atoms with Crippen LogP contribution in [-0.4, -0.2) is 75.1 Å². The average Bonchev–Trinajstić information content (AvgIpc) is 3.06. The molecule has 0 saturated carbocycles. The van der Waals surface area contributed by atoms with E-state index in [0.717, 1.165) is 6.07 Å². The zero-order valence-electron chi connectivity index (χ0n) is 19.2. The highest BCUT2D eigenvalue weighted by Crippen LogP contribution is 2.43. The van der Waals surface area contributed by atoms with E-state index in [1.165, 1.54) is 38.4 Å². The molecule has 33 heavy (non-hydrogen) atoms. The predicted molar refractivity (Wildman–Crippen MR) is 120 cm³/mol. The number of ketones is 1. The second kappa shape index (κ2) is 9.91. The molecule has 0 aromatic heterocycles. The fraction of sp³-hybridized carbons (Fsp3) is 0.333. The molecule has 2 aromatic rings. The van der Waals surface area contributed by atoms with Crippen molar-refractivity contribution in [1.29, 1.82) is 0 Å². The molecule has 176 valence electrons. The molecular weight excluding hydrogens is 431 g/mol. The number of carbonyl (C=O) groups excluding carboxylic acids is 2. The topological polar surface area (TPSA) is 88.5 Å². The summed E-state index contributed by atoms with van der Waals surface area (Å²) in [5, 5.41) is 11.1. The fourth-order valence-corrected chi connectivity index (χ4v) is 3.76. The number of ether oxygens (including phenoxy) is 3. The first-order valence-electron chi connectivity index (χ1n) is 10.2. The Morgan fingerprint density at radius 1 is 1.03 bits per heavy atom. The van der Waals surface area contributed by atoms with Crippen LogP contribution in [0.25, 0.3) is 5.76 Å². The number of carbonyl (C=O) groups is 2. The largest absolute Gasteiger partial charge is 0.507 e. The van der Waals surface area contributed by atoms with Gasteiger partial charge in [0, 0.05) is 30.3 Å². The van der Waals surface area contributed by atoms with Gasteiger partial charge in [-0.3, -0.25) is 9.59 Å². The van der Waals surface area contributed by atoms with Gasteiger partial charge in [-0.1, -0.05) is 0 Å². The third kappa shape index (κ3) is 4.63. The Morgan fingerprint density at radius 3 is 2.30 bits per heavy atom. The van der Waals surface area contributed by atoms with Crippen LogP contribution in [0.4, 0.5) is 4.39 Å². The first-order chi connectivity index (χ1) is 15.7. The van der Waals surface area contributed by atoms with Gasteiger partial charge in [0.05, 0.1) is 32.9 Å². The molecule has 1 N–H and O–H groups in total. The van der Waals surface area contributed by atoms with Gasteiger partial charge >= 0.3 is 0 Å². The normalized spacial score (nSPS) is 17.5. The standard InChI is InChI=1S/C24H27FN2O6/c1-26(2)10-11-27-21(16-8-7-15(31-3)13-19(16)33-5)20(23(29)24(27)30)22(28)14-6-9-18(32-4)17(25)12-14/h6-9,12-13,21,28H,10-11H2,1-5H3/t21-/m0/s1. The summed E-state index contributed by atoms with van der Waals surface area (Å²) in [6.07, 6.45) is 0. The number of benzene rings is 2. The zero-order chi connectivity index (χ0) is 24.3. The molecule has 0 aliphatic carbocycles. The Bertz CT molecular complexity index is 1100. The van der Waals surface area contributed by atoms with Crippen molar-refractivity contribution >= 4 is 17.4 Å². The molecule has 1 amide bonds. The van der Waals surface area contributed by atoms with Crippen molar-refractivity contribution in [1.82, 2.24) is 9.80 Å². The molecular formula is C24H27FN2O6. The van der Waals surface area contributed by atoms with E-state index in [-0.39, 0.29) is 23.4 Å². The van der Waals surface area contributed by atoms with Crippen molar-refractivity contribution in [2.45, 2.75) is 6.04 Å². The molecule has 3 rings (SSSR count). The molecule has 0 spiro atoms. The van der Waals surface area contributed by atoms with E-state index in [1.54, 1.807) is 18.2 Å². The quantitative estimate of drug-likeness (QED) is 0.370. The Hall–Kier alpha value is -3.59. The summed E-state index contributed by atoms with van der Waals surface area (Å²) >= 11 is 0. The van der Waals surface area contributed by atoms with Gasteiger partial charge in [0.1, 0.15) is 17.3 Å². The lowest BCUT2D eigenvalue weighted by Crippen LogP contribution is -2.35. The summed E-state index contributed by atoms with van der Waals surface area (Å²) in [6, 6.07) is 7.88. The number of halogens is 1. The highest BCUT2D eigenvalue weighted by atomic mass is 19.1. The Kier molecular flexibility index (Phi) is 7.23. The monoisotopic (exact) mass is 458 g/mol. The molecule has 1 atom stereocenters.